The molecule has 0 N–H and O–H groups in total. The van der Waals surface area contributed by atoms with Gasteiger partial charge in [0.25, 0.3) is 0 Å². The van der Waals surface area contributed by atoms with Crippen LogP contribution in [0.15, 0.2) is 48.5 Å². The molecule has 0 bridgehead atoms. The molecule has 1 fully saturated rings. The fourth-order valence-electron chi connectivity index (χ4n) is 3.66. The summed E-state index contributed by atoms with van der Waals surface area (Å²) in [5.74, 6) is -0.274. The van der Waals surface area contributed by atoms with Crippen LogP contribution in [0.25, 0.3) is 0 Å². The van der Waals surface area contributed by atoms with E-state index in [1.165, 1.54) is 24.3 Å². The van der Waals surface area contributed by atoms with E-state index in [1.54, 1.807) is 24.3 Å². The summed E-state index contributed by atoms with van der Waals surface area (Å²) in [6.45, 7) is 7.86. The summed E-state index contributed by atoms with van der Waals surface area (Å²) in [6.07, 6.45) is 0.879. The summed E-state index contributed by atoms with van der Waals surface area (Å²) >= 11 is 0. The predicted octanol–water partition coefficient (Wildman–Crippen LogP) is 4.06. The molecule has 0 radical (unpaired) electrons. The maximum absolute atomic E-state index is 13.3. The molecule has 2 aromatic carbocycles. The number of rotatable bonds is 10. The van der Waals surface area contributed by atoms with E-state index in [-0.39, 0.29) is 17.7 Å². The number of halogens is 2. The summed E-state index contributed by atoms with van der Waals surface area (Å²) < 4.78 is 32.8. The third-order valence-electron chi connectivity index (χ3n) is 5.60. The van der Waals surface area contributed by atoms with E-state index >= 15 is 0 Å². The van der Waals surface area contributed by atoms with Gasteiger partial charge in [-0.1, -0.05) is 31.2 Å². The van der Waals surface area contributed by atoms with E-state index in [4.69, 9.17) is 4.74 Å². The van der Waals surface area contributed by atoms with Crippen molar-refractivity contribution in [3.8, 4) is 0 Å². The molecule has 0 spiro atoms. The van der Waals surface area contributed by atoms with Gasteiger partial charge in [-0.05, 0) is 35.4 Å². The first kappa shape index (κ1) is 22.5. The first-order valence-corrected chi connectivity index (χ1v) is 10.6. The van der Waals surface area contributed by atoms with E-state index in [2.05, 4.69) is 9.80 Å². The quantitative estimate of drug-likeness (QED) is 0.585. The lowest BCUT2D eigenvalue weighted by atomic mass is 10.0. The number of piperazine rings is 1. The minimum Gasteiger partial charge on any atom is -0.367 e. The largest absolute Gasteiger partial charge is 0.367 e. The van der Waals surface area contributed by atoms with Crippen LogP contribution in [0.2, 0.25) is 0 Å². The third kappa shape index (κ3) is 6.69. The van der Waals surface area contributed by atoms with Crippen LogP contribution in [-0.2, 0) is 9.53 Å². The summed E-state index contributed by atoms with van der Waals surface area (Å²) in [7, 11) is 0. The molecule has 3 rings (SSSR count). The standard InChI is InChI=1S/C24H30F2N2O2/c1-2-23(29)11-12-27-13-15-28(16-14-27)17-18-30-24(19-3-7-21(25)8-4-19)20-5-9-22(26)10-6-20/h3-10,24H,2,11-18H2,1H3. The van der Waals surface area contributed by atoms with Crippen molar-refractivity contribution in [1.82, 2.24) is 9.80 Å². The second-order valence-electron chi connectivity index (χ2n) is 7.68. The van der Waals surface area contributed by atoms with Crippen LogP contribution in [0.5, 0.6) is 0 Å². The summed E-state index contributed by atoms with van der Waals surface area (Å²) in [5, 5.41) is 0. The van der Waals surface area contributed by atoms with Crippen LogP contribution in [0.1, 0.15) is 37.0 Å². The number of ketones is 1. The smallest absolute Gasteiger partial charge is 0.133 e. The highest BCUT2D eigenvalue weighted by Gasteiger charge is 2.19. The topological polar surface area (TPSA) is 32.8 Å². The Balaban J connectivity index is 1.51. The number of carbonyl (C=O) groups excluding carboxylic acids is 1. The van der Waals surface area contributed by atoms with Gasteiger partial charge in [0, 0.05) is 52.1 Å². The van der Waals surface area contributed by atoms with Crippen molar-refractivity contribution >= 4 is 5.78 Å². The Morgan fingerprint density at radius 3 is 1.80 bits per heavy atom. The normalized spacial score (nSPS) is 15.6. The molecule has 1 aliphatic heterocycles. The van der Waals surface area contributed by atoms with Crippen LogP contribution in [0.3, 0.4) is 0 Å². The van der Waals surface area contributed by atoms with Crippen LogP contribution in [0, 0.1) is 11.6 Å². The Bertz CT molecular complexity index is 742. The van der Waals surface area contributed by atoms with Gasteiger partial charge in [0.05, 0.1) is 6.61 Å². The third-order valence-corrected chi connectivity index (χ3v) is 5.60. The Labute approximate surface area is 177 Å². The van der Waals surface area contributed by atoms with Gasteiger partial charge < -0.3 is 9.64 Å². The lowest BCUT2D eigenvalue weighted by Crippen LogP contribution is -2.47. The van der Waals surface area contributed by atoms with Gasteiger partial charge >= 0.3 is 0 Å². The molecule has 1 heterocycles. The molecule has 1 aliphatic rings. The van der Waals surface area contributed by atoms with E-state index in [9.17, 15) is 13.6 Å². The molecule has 0 saturated carbocycles. The monoisotopic (exact) mass is 416 g/mol. The first-order valence-electron chi connectivity index (χ1n) is 10.6. The van der Waals surface area contributed by atoms with E-state index in [1.807, 2.05) is 6.92 Å². The fraction of sp³-hybridized carbons (Fsp3) is 0.458. The maximum Gasteiger partial charge on any atom is 0.133 e. The molecule has 0 amide bonds. The van der Waals surface area contributed by atoms with E-state index in [0.717, 1.165) is 50.4 Å². The summed E-state index contributed by atoms with van der Waals surface area (Å²) in [6, 6.07) is 12.5. The van der Waals surface area contributed by atoms with E-state index < -0.39 is 0 Å². The van der Waals surface area contributed by atoms with Crippen molar-refractivity contribution in [2.24, 2.45) is 0 Å². The lowest BCUT2D eigenvalue weighted by Gasteiger charge is -2.34. The van der Waals surface area contributed by atoms with Crippen LogP contribution < -0.4 is 0 Å². The van der Waals surface area contributed by atoms with Crippen molar-refractivity contribution in [3.63, 3.8) is 0 Å². The maximum atomic E-state index is 13.3. The minimum atomic E-state index is -0.368. The van der Waals surface area contributed by atoms with Crippen molar-refractivity contribution < 1.29 is 18.3 Å². The highest BCUT2D eigenvalue weighted by Crippen LogP contribution is 2.26. The average Bonchev–Trinajstić information content (AvgIpc) is 2.77. The molecule has 30 heavy (non-hydrogen) atoms. The molecule has 0 aliphatic carbocycles. The summed E-state index contributed by atoms with van der Waals surface area (Å²) in [5.41, 5.74) is 1.68. The molecule has 2 aromatic rings. The number of ether oxygens (including phenoxy) is 1. The van der Waals surface area contributed by atoms with Gasteiger partial charge in [0.1, 0.15) is 23.5 Å². The predicted molar refractivity (Wildman–Crippen MR) is 113 cm³/mol. The zero-order valence-corrected chi connectivity index (χ0v) is 17.5. The van der Waals surface area contributed by atoms with Crippen molar-refractivity contribution in [2.45, 2.75) is 25.9 Å². The van der Waals surface area contributed by atoms with Crippen LogP contribution in [0.4, 0.5) is 8.78 Å². The van der Waals surface area contributed by atoms with Crippen molar-refractivity contribution in [1.29, 1.82) is 0 Å². The molecule has 0 unspecified atom stereocenters. The Kier molecular flexibility index (Phi) is 8.49. The fourth-order valence-corrected chi connectivity index (χ4v) is 3.66. The second-order valence-corrected chi connectivity index (χ2v) is 7.68. The molecular weight excluding hydrogens is 386 g/mol. The Hall–Kier alpha value is -2.15. The van der Waals surface area contributed by atoms with Gasteiger partial charge in [-0.2, -0.15) is 0 Å². The number of hydrogen-bond donors (Lipinski definition) is 0. The molecule has 1 saturated heterocycles. The molecule has 6 heteroatoms. The zero-order valence-electron chi connectivity index (χ0n) is 17.5. The van der Waals surface area contributed by atoms with Gasteiger partial charge in [0.2, 0.25) is 0 Å². The number of benzene rings is 2. The van der Waals surface area contributed by atoms with Crippen LogP contribution >= 0.6 is 0 Å². The van der Waals surface area contributed by atoms with Crippen LogP contribution in [-0.4, -0.2) is 61.5 Å². The van der Waals surface area contributed by atoms with Gasteiger partial charge in [-0.25, -0.2) is 8.78 Å². The zero-order chi connectivity index (χ0) is 21.3. The first-order chi connectivity index (χ1) is 14.5. The lowest BCUT2D eigenvalue weighted by molar-refractivity contribution is -0.119. The van der Waals surface area contributed by atoms with Gasteiger partial charge in [-0.3, -0.25) is 9.69 Å². The second kappa shape index (κ2) is 11.3. The number of carbonyl (C=O) groups is 1. The minimum absolute atomic E-state index is 0.296. The van der Waals surface area contributed by atoms with Gasteiger partial charge in [-0.15, -0.1) is 0 Å². The molecule has 0 atom stereocenters. The molecular formula is C24H30F2N2O2. The summed E-state index contributed by atoms with van der Waals surface area (Å²) in [4.78, 5) is 16.2. The van der Waals surface area contributed by atoms with Crippen molar-refractivity contribution in [3.05, 3.63) is 71.3 Å². The number of nitrogens with zero attached hydrogens (tertiary/aromatic N) is 2. The molecule has 162 valence electrons. The Morgan fingerprint density at radius 2 is 1.33 bits per heavy atom. The SMILES string of the molecule is CCC(=O)CCN1CCN(CCOC(c2ccc(F)cc2)c2ccc(F)cc2)CC1. The highest BCUT2D eigenvalue weighted by atomic mass is 19.1. The number of hydrogen-bond acceptors (Lipinski definition) is 4. The van der Waals surface area contributed by atoms with Crippen molar-refractivity contribution in [2.75, 3.05) is 45.9 Å². The highest BCUT2D eigenvalue weighted by molar-refractivity contribution is 5.78. The number of Topliss-reactive ketones (excluding diaryl/α,β-unsaturated/α-hetero) is 1. The van der Waals surface area contributed by atoms with Gasteiger partial charge in [0.15, 0.2) is 0 Å². The average molecular weight is 417 g/mol. The van der Waals surface area contributed by atoms with E-state index in [0.29, 0.717) is 25.2 Å². The Morgan fingerprint density at radius 1 is 0.867 bits per heavy atom. The molecule has 0 aromatic heterocycles. The molecule has 4 nitrogen and oxygen atoms in total.